The Hall–Kier alpha value is -1.64. The lowest BCUT2D eigenvalue weighted by Crippen LogP contribution is -2.30. The van der Waals surface area contributed by atoms with Crippen molar-refractivity contribution in [1.82, 2.24) is 4.31 Å². The second-order valence-electron chi connectivity index (χ2n) is 4.91. The van der Waals surface area contributed by atoms with Crippen LogP contribution in [0.25, 0.3) is 0 Å². The van der Waals surface area contributed by atoms with Gasteiger partial charge in [-0.2, -0.15) is 4.31 Å². The molecule has 0 fully saturated rings. The Morgan fingerprint density at radius 2 is 1.83 bits per heavy atom. The van der Waals surface area contributed by atoms with Gasteiger partial charge in [0.2, 0.25) is 15.9 Å². The molecule has 130 valence electrons. The molecule has 0 radical (unpaired) electrons. The Morgan fingerprint density at radius 1 is 1.17 bits per heavy atom. The van der Waals surface area contributed by atoms with E-state index in [0.717, 1.165) is 0 Å². The summed E-state index contributed by atoms with van der Waals surface area (Å²) in [5.74, 6) is -0.246. The van der Waals surface area contributed by atoms with Gasteiger partial charge in [-0.15, -0.1) is 0 Å². The van der Waals surface area contributed by atoms with Gasteiger partial charge in [0.1, 0.15) is 0 Å². The lowest BCUT2D eigenvalue weighted by molar-refractivity contribution is -0.116. The Kier molecular flexibility index (Phi) is 7.47. The fraction of sp³-hybridized carbons (Fsp3) is 0.533. The molecule has 0 aromatic heterocycles. The first-order valence-electron chi connectivity index (χ1n) is 7.78. The Labute approximate surface area is 138 Å². The van der Waals surface area contributed by atoms with Gasteiger partial charge >= 0.3 is 0 Å². The van der Waals surface area contributed by atoms with Crippen molar-refractivity contribution in [3.63, 3.8) is 0 Å². The normalized spacial score (nSPS) is 11.5. The number of amides is 1. The summed E-state index contributed by atoms with van der Waals surface area (Å²) in [6.45, 7) is 7.18. The fourth-order valence-electron chi connectivity index (χ4n) is 2.19. The minimum Gasteiger partial charge on any atom is -0.384 e. The molecule has 8 heteroatoms. The summed E-state index contributed by atoms with van der Waals surface area (Å²) in [6.07, 6.45) is 0.179. The molecule has 0 aliphatic heterocycles. The number of benzene rings is 1. The van der Waals surface area contributed by atoms with Crippen molar-refractivity contribution >= 4 is 27.3 Å². The number of rotatable bonds is 9. The molecule has 0 bridgehead atoms. The third kappa shape index (κ3) is 4.92. The molecule has 23 heavy (non-hydrogen) atoms. The molecule has 0 aliphatic carbocycles. The summed E-state index contributed by atoms with van der Waals surface area (Å²) in [6, 6.07) is 4.70. The van der Waals surface area contributed by atoms with Crippen molar-refractivity contribution in [2.24, 2.45) is 5.73 Å². The summed E-state index contributed by atoms with van der Waals surface area (Å²) >= 11 is 0. The number of carbonyl (C=O) groups excluding carboxylic acids is 1. The molecule has 0 atom stereocenters. The fourth-order valence-corrected chi connectivity index (χ4v) is 3.67. The van der Waals surface area contributed by atoms with Crippen molar-refractivity contribution in [2.45, 2.75) is 32.1 Å². The van der Waals surface area contributed by atoms with Crippen molar-refractivity contribution in [3.05, 3.63) is 18.2 Å². The van der Waals surface area contributed by atoms with Crippen LogP contribution in [0.15, 0.2) is 23.1 Å². The SMILES string of the molecule is CCNc1ccc(S(=O)(=O)N(CC)CC)cc1NC(=O)CCN. The molecule has 4 N–H and O–H groups in total. The molecule has 0 saturated heterocycles. The second-order valence-corrected chi connectivity index (χ2v) is 6.85. The van der Waals surface area contributed by atoms with Crippen LogP contribution in [0, 0.1) is 0 Å². The molecular weight excluding hydrogens is 316 g/mol. The van der Waals surface area contributed by atoms with Crippen LogP contribution in [0.1, 0.15) is 27.2 Å². The van der Waals surface area contributed by atoms with E-state index < -0.39 is 10.0 Å². The van der Waals surface area contributed by atoms with E-state index in [1.54, 1.807) is 26.0 Å². The van der Waals surface area contributed by atoms with Crippen LogP contribution in [-0.2, 0) is 14.8 Å². The van der Waals surface area contributed by atoms with Crippen molar-refractivity contribution < 1.29 is 13.2 Å². The van der Waals surface area contributed by atoms with Gasteiger partial charge < -0.3 is 16.4 Å². The largest absolute Gasteiger partial charge is 0.384 e. The topological polar surface area (TPSA) is 105 Å². The Balaban J connectivity index is 3.24. The monoisotopic (exact) mass is 342 g/mol. The Bertz CT molecular complexity index is 628. The first-order valence-corrected chi connectivity index (χ1v) is 9.22. The summed E-state index contributed by atoms with van der Waals surface area (Å²) in [5.41, 5.74) is 6.50. The maximum atomic E-state index is 12.6. The summed E-state index contributed by atoms with van der Waals surface area (Å²) in [4.78, 5) is 12.0. The number of nitrogens with one attached hydrogen (secondary N) is 2. The van der Waals surface area contributed by atoms with Crippen LogP contribution >= 0.6 is 0 Å². The molecule has 1 amide bonds. The maximum absolute atomic E-state index is 12.6. The number of carbonyl (C=O) groups is 1. The number of anilines is 2. The minimum atomic E-state index is -3.57. The van der Waals surface area contributed by atoms with Crippen LogP contribution in [0.3, 0.4) is 0 Å². The quantitative estimate of drug-likeness (QED) is 0.630. The minimum absolute atomic E-state index is 0.158. The molecule has 0 heterocycles. The van der Waals surface area contributed by atoms with Crippen molar-refractivity contribution in [2.75, 3.05) is 36.8 Å². The van der Waals surface area contributed by atoms with Crippen LogP contribution in [-0.4, -0.2) is 44.8 Å². The van der Waals surface area contributed by atoms with Gasteiger partial charge in [-0.3, -0.25) is 4.79 Å². The molecular formula is C15H26N4O3S. The molecule has 0 unspecified atom stereocenters. The zero-order valence-electron chi connectivity index (χ0n) is 13.9. The molecule has 0 spiro atoms. The third-order valence-corrected chi connectivity index (χ3v) is 5.39. The lowest BCUT2D eigenvalue weighted by atomic mass is 10.2. The van der Waals surface area contributed by atoms with Crippen LogP contribution in [0.5, 0.6) is 0 Å². The average Bonchev–Trinajstić information content (AvgIpc) is 2.50. The van der Waals surface area contributed by atoms with E-state index in [-0.39, 0.29) is 23.8 Å². The highest BCUT2D eigenvalue weighted by Gasteiger charge is 2.22. The van der Waals surface area contributed by atoms with E-state index in [2.05, 4.69) is 10.6 Å². The lowest BCUT2D eigenvalue weighted by Gasteiger charge is -2.20. The molecule has 7 nitrogen and oxygen atoms in total. The first kappa shape index (κ1) is 19.4. The zero-order chi connectivity index (χ0) is 17.5. The summed E-state index contributed by atoms with van der Waals surface area (Å²) in [5, 5.41) is 5.82. The highest BCUT2D eigenvalue weighted by molar-refractivity contribution is 7.89. The molecule has 0 saturated carbocycles. The highest BCUT2D eigenvalue weighted by Crippen LogP contribution is 2.27. The maximum Gasteiger partial charge on any atom is 0.243 e. The van der Waals surface area contributed by atoms with Crippen molar-refractivity contribution in [1.29, 1.82) is 0 Å². The zero-order valence-corrected chi connectivity index (χ0v) is 14.7. The third-order valence-electron chi connectivity index (χ3n) is 3.35. The molecule has 1 rings (SSSR count). The van der Waals surface area contributed by atoms with Gasteiger partial charge in [-0.05, 0) is 25.1 Å². The average molecular weight is 342 g/mol. The van der Waals surface area contributed by atoms with Gasteiger partial charge in [-0.1, -0.05) is 13.8 Å². The van der Waals surface area contributed by atoms with E-state index in [9.17, 15) is 13.2 Å². The van der Waals surface area contributed by atoms with Gasteiger partial charge in [0.05, 0.1) is 16.3 Å². The van der Waals surface area contributed by atoms with E-state index >= 15 is 0 Å². The molecule has 0 aliphatic rings. The van der Waals surface area contributed by atoms with Crippen LogP contribution < -0.4 is 16.4 Å². The van der Waals surface area contributed by atoms with E-state index in [4.69, 9.17) is 5.73 Å². The first-order chi connectivity index (χ1) is 10.9. The van der Waals surface area contributed by atoms with Crippen LogP contribution in [0.4, 0.5) is 11.4 Å². The number of hydrogen-bond donors (Lipinski definition) is 3. The molecule has 1 aromatic rings. The molecule has 1 aromatic carbocycles. The summed E-state index contributed by atoms with van der Waals surface area (Å²) < 4.78 is 26.6. The predicted octanol–water partition coefficient (Wildman–Crippen LogP) is 1.44. The Morgan fingerprint density at radius 3 is 2.35 bits per heavy atom. The number of nitrogens with two attached hydrogens (primary N) is 1. The van der Waals surface area contributed by atoms with Gasteiger partial charge in [0.15, 0.2) is 0 Å². The second kappa shape index (κ2) is 8.85. The van der Waals surface area contributed by atoms with Gasteiger partial charge in [0.25, 0.3) is 0 Å². The van der Waals surface area contributed by atoms with Gasteiger partial charge in [0, 0.05) is 32.6 Å². The number of hydrogen-bond acceptors (Lipinski definition) is 5. The van der Waals surface area contributed by atoms with E-state index in [1.807, 2.05) is 6.92 Å². The van der Waals surface area contributed by atoms with E-state index in [0.29, 0.717) is 31.0 Å². The van der Waals surface area contributed by atoms with Crippen molar-refractivity contribution in [3.8, 4) is 0 Å². The van der Waals surface area contributed by atoms with Crippen LogP contribution in [0.2, 0.25) is 0 Å². The smallest absolute Gasteiger partial charge is 0.243 e. The standard InChI is InChI=1S/C15H26N4O3S/c1-4-17-13-8-7-12(23(21,22)19(5-2)6-3)11-14(13)18-15(20)9-10-16/h7-8,11,17H,4-6,9-10,16H2,1-3H3,(H,18,20). The number of nitrogens with zero attached hydrogens (tertiary/aromatic N) is 1. The van der Waals surface area contributed by atoms with E-state index in [1.165, 1.54) is 10.4 Å². The van der Waals surface area contributed by atoms with Gasteiger partial charge in [-0.25, -0.2) is 8.42 Å². The number of sulfonamides is 1. The summed E-state index contributed by atoms with van der Waals surface area (Å²) in [7, 11) is -3.57. The predicted molar refractivity (Wildman–Crippen MR) is 93.0 cm³/mol. The highest BCUT2D eigenvalue weighted by atomic mass is 32.2.